The summed E-state index contributed by atoms with van der Waals surface area (Å²) in [6.45, 7) is -0.444. The fourth-order valence-electron chi connectivity index (χ4n) is 3.39. The van der Waals surface area contributed by atoms with Gasteiger partial charge in [-0.2, -0.15) is 0 Å². The van der Waals surface area contributed by atoms with E-state index >= 15 is 0 Å². The highest BCUT2D eigenvalue weighted by atomic mass is 35.5. The molecule has 172 valence electrons. The second-order valence-corrected chi connectivity index (χ2v) is 9.76. The number of anilines is 1. The lowest BCUT2D eigenvalue weighted by atomic mass is 9.97. The minimum atomic E-state index is -1.16. The van der Waals surface area contributed by atoms with Crippen LogP contribution in [-0.4, -0.2) is 67.7 Å². The third-order valence-corrected chi connectivity index (χ3v) is 7.25. The summed E-state index contributed by atoms with van der Waals surface area (Å²) in [6, 6.07) is 2.07. The van der Waals surface area contributed by atoms with E-state index in [1.165, 1.54) is 47.0 Å². The molecule has 9 nitrogen and oxygen atoms in total. The van der Waals surface area contributed by atoms with Crippen molar-refractivity contribution >= 4 is 51.4 Å². The lowest BCUT2D eigenvalue weighted by molar-refractivity contribution is -0.186. The second-order valence-electron chi connectivity index (χ2n) is 6.88. The van der Waals surface area contributed by atoms with Crippen molar-refractivity contribution in [3.63, 3.8) is 0 Å². The SMILES string of the molecule is COC1C(n2cc(-c3csc(N)n3)nn2)[C@@H](O)C(CO)O[C@@H]1Sc1cc(Cl)c(F)c(Cl)c1. The van der Waals surface area contributed by atoms with Gasteiger partial charge in [0.25, 0.3) is 0 Å². The Hall–Kier alpha value is -1.51. The first-order valence-electron chi connectivity index (χ1n) is 9.24. The Balaban J connectivity index is 1.66. The first kappa shape index (κ1) is 23.6. The molecule has 32 heavy (non-hydrogen) atoms. The molecule has 0 saturated carbocycles. The van der Waals surface area contributed by atoms with Gasteiger partial charge < -0.3 is 25.4 Å². The number of aliphatic hydroxyl groups is 2. The van der Waals surface area contributed by atoms with Crippen LogP contribution in [0.3, 0.4) is 0 Å². The van der Waals surface area contributed by atoms with Gasteiger partial charge >= 0.3 is 0 Å². The lowest BCUT2D eigenvalue weighted by Gasteiger charge is -2.43. The Labute approximate surface area is 200 Å². The Morgan fingerprint density at radius 2 is 2.06 bits per heavy atom. The van der Waals surface area contributed by atoms with Crippen molar-refractivity contribution < 1.29 is 24.1 Å². The van der Waals surface area contributed by atoms with Crippen molar-refractivity contribution in [3.8, 4) is 11.4 Å². The number of ether oxygens (including phenoxy) is 2. The Morgan fingerprint density at radius 3 is 2.66 bits per heavy atom. The number of hydrogen-bond donors (Lipinski definition) is 3. The van der Waals surface area contributed by atoms with E-state index in [4.69, 9.17) is 38.4 Å². The monoisotopic (exact) mass is 521 g/mol. The van der Waals surface area contributed by atoms with Crippen LogP contribution in [0.2, 0.25) is 10.0 Å². The van der Waals surface area contributed by atoms with E-state index in [1.807, 2.05) is 0 Å². The van der Waals surface area contributed by atoms with Gasteiger partial charge in [0.2, 0.25) is 0 Å². The summed E-state index contributed by atoms with van der Waals surface area (Å²) >= 11 is 14.3. The Bertz CT molecular complexity index is 1080. The van der Waals surface area contributed by atoms with Gasteiger partial charge in [-0.15, -0.1) is 16.4 Å². The molecule has 4 N–H and O–H groups in total. The third-order valence-electron chi connectivity index (χ3n) is 4.91. The Kier molecular flexibility index (Phi) is 7.22. The summed E-state index contributed by atoms with van der Waals surface area (Å²) in [4.78, 5) is 4.71. The number of nitrogen functional groups attached to an aromatic ring is 1. The molecule has 1 aromatic carbocycles. The van der Waals surface area contributed by atoms with Crippen LogP contribution >= 0.6 is 46.3 Å². The lowest BCUT2D eigenvalue weighted by Crippen LogP contribution is -2.55. The zero-order valence-corrected chi connectivity index (χ0v) is 19.6. The number of aliphatic hydroxyl groups excluding tert-OH is 2. The number of methoxy groups -OCH3 is 1. The number of hydrogen-bond acceptors (Lipinski definition) is 10. The highest BCUT2D eigenvalue weighted by Crippen LogP contribution is 2.41. The Morgan fingerprint density at radius 1 is 1.34 bits per heavy atom. The molecular weight excluding hydrogens is 504 g/mol. The molecule has 0 spiro atoms. The number of nitrogens with zero attached hydrogens (tertiary/aromatic N) is 4. The van der Waals surface area contributed by atoms with E-state index in [2.05, 4.69) is 15.3 Å². The molecule has 3 aromatic rings. The number of nitrogens with two attached hydrogens (primary N) is 1. The molecular formula is C18H18Cl2FN5O4S2. The van der Waals surface area contributed by atoms with Crippen molar-refractivity contribution in [1.29, 1.82) is 0 Å². The van der Waals surface area contributed by atoms with Crippen LogP contribution in [-0.2, 0) is 9.47 Å². The molecule has 3 heterocycles. The molecule has 1 aliphatic heterocycles. The summed E-state index contributed by atoms with van der Waals surface area (Å²) in [6.07, 6.45) is -1.20. The number of halogens is 3. The van der Waals surface area contributed by atoms with Crippen LogP contribution in [0.1, 0.15) is 6.04 Å². The summed E-state index contributed by atoms with van der Waals surface area (Å²) in [5.74, 6) is -0.718. The smallest absolute Gasteiger partial charge is 0.180 e. The number of thiazole rings is 1. The van der Waals surface area contributed by atoms with E-state index in [1.54, 1.807) is 11.6 Å². The minimum Gasteiger partial charge on any atom is -0.394 e. The quantitative estimate of drug-likeness (QED) is 0.419. The van der Waals surface area contributed by atoms with Crippen molar-refractivity contribution in [2.45, 2.75) is 34.7 Å². The number of aromatic nitrogens is 4. The van der Waals surface area contributed by atoms with Gasteiger partial charge in [-0.25, -0.2) is 14.1 Å². The molecule has 3 unspecified atom stereocenters. The van der Waals surface area contributed by atoms with E-state index in [0.717, 1.165) is 0 Å². The maximum atomic E-state index is 13.8. The van der Waals surface area contributed by atoms with Crippen molar-refractivity contribution in [2.24, 2.45) is 0 Å². The molecule has 5 atom stereocenters. The van der Waals surface area contributed by atoms with Gasteiger partial charge in [-0.05, 0) is 12.1 Å². The van der Waals surface area contributed by atoms with E-state index in [-0.39, 0.29) is 10.0 Å². The van der Waals surface area contributed by atoms with Crippen LogP contribution in [0, 0.1) is 5.82 Å². The summed E-state index contributed by atoms with van der Waals surface area (Å²) in [5.41, 5.74) is 5.99. The van der Waals surface area contributed by atoms with Gasteiger partial charge in [-0.3, -0.25) is 0 Å². The highest BCUT2D eigenvalue weighted by molar-refractivity contribution is 7.99. The van der Waals surface area contributed by atoms with Gasteiger partial charge in [0, 0.05) is 17.4 Å². The summed E-state index contributed by atoms with van der Waals surface area (Å²) in [5, 5.41) is 30.8. The normalized spacial score (nSPS) is 25.9. The topological polar surface area (TPSA) is 129 Å². The fraction of sp³-hybridized carbons (Fsp3) is 0.389. The molecule has 14 heteroatoms. The molecule has 1 fully saturated rings. The van der Waals surface area contributed by atoms with Gasteiger partial charge in [0.15, 0.2) is 10.9 Å². The third kappa shape index (κ3) is 4.59. The highest BCUT2D eigenvalue weighted by Gasteiger charge is 2.47. The minimum absolute atomic E-state index is 0.136. The number of rotatable bonds is 6. The molecule has 4 rings (SSSR count). The van der Waals surface area contributed by atoms with Crippen molar-refractivity contribution in [1.82, 2.24) is 20.0 Å². The van der Waals surface area contributed by atoms with Crippen LogP contribution < -0.4 is 5.73 Å². The van der Waals surface area contributed by atoms with E-state index in [9.17, 15) is 14.6 Å². The number of thioether (sulfide) groups is 1. The number of benzene rings is 1. The maximum absolute atomic E-state index is 13.8. The second kappa shape index (κ2) is 9.77. The van der Waals surface area contributed by atoms with E-state index in [0.29, 0.717) is 21.4 Å². The predicted octanol–water partition coefficient (Wildman–Crippen LogP) is 2.86. The van der Waals surface area contributed by atoms with Gasteiger partial charge in [0.05, 0.1) is 22.8 Å². The first-order chi connectivity index (χ1) is 15.3. The standard InChI is InChI=1S/C18H18Cl2FN5O4S2/c1-29-16-14(26-4-10(24-25-26)11-6-31-18(22)23-11)15(28)12(5-27)30-17(16)32-7-2-8(19)13(21)9(20)3-7/h2-4,6,12,14-17,27-28H,5H2,1H3,(H2,22,23)/t12?,14?,15-,16?,17+/m0/s1. The molecule has 0 aliphatic carbocycles. The molecule has 0 bridgehead atoms. The predicted molar refractivity (Wildman–Crippen MR) is 119 cm³/mol. The first-order valence-corrected chi connectivity index (χ1v) is 11.8. The average Bonchev–Trinajstić information content (AvgIpc) is 3.41. The van der Waals surface area contributed by atoms with Crippen LogP contribution in [0.15, 0.2) is 28.6 Å². The molecule has 1 aliphatic rings. The molecule has 1 saturated heterocycles. The van der Waals surface area contributed by atoms with Crippen molar-refractivity contribution in [3.05, 3.63) is 39.6 Å². The van der Waals surface area contributed by atoms with Gasteiger partial charge in [-0.1, -0.05) is 40.2 Å². The van der Waals surface area contributed by atoms with Gasteiger partial charge in [0.1, 0.15) is 41.2 Å². The van der Waals surface area contributed by atoms with Crippen LogP contribution in [0.5, 0.6) is 0 Å². The zero-order chi connectivity index (χ0) is 23.0. The largest absolute Gasteiger partial charge is 0.394 e. The van der Waals surface area contributed by atoms with E-state index < -0.39 is 42.2 Å². The average molecular weight is 522 g/mol. The summed E-state index contributed by atoms with van der Waals surface area (Å²) in [7, 11) is 1.46. The molecule has 0 amide bonds. The van der Waals surface area contributed by atoms with Crippen LogP contribution in [0.25, 0.3) is 11.4 Å². The fourth-order valence-corrected chi connectivity index (χ4v) is 5.81. The zero-order valence-electron chi connectivity index (χ0n) is 16.4. The summed E-state index contributed by atoms with van der Waals surface area (Å²) < 4.78 is 26.8. The van der Waals surface area contributed by atoms with Crippen LogP contribution in [0.4, 0.5) is 9.52 Å². The maximum Gasteiger partial charge on any atom is 0.180 e. The molecule has 0 radical (unpaired) electrons. The molecule has 2 aromatic heterocycles. The van der Waals surface area contributed by atoms with Crippen molar-refractivity contribution in [2.75, 3.05) is 19.5 Å².